The van der Waals surface area contributed by atoms with Crippen molar-refractivity contribution in [2.24, 2.45) is 5.92 Å². The first-order chi connectivity index (χ1) is 6.06. The summed E-state index contributed by atoms with van der Waals surface area (Å²) in [4.78, 5) is 22.8. The van der Waals surface area contributed by atoms with Gasteiger partial charge in [0.15, 0.2) is 0 Å². The minimum atomic E-state index is -0.365. The summed E-state index contributed by atoms with van der Waals surface area (Å²) < 4.78 is 0. The Bertz CT molecular complexity index is 226. The summed E-state index contributed by atoms with van der Waals surface area (Å²) in [6.45, 7) is 5.70. The molecular weight excluding hydrogens is 168 g/mol. The summed E-state index contributed by atoms with van der Waals surface area (Å²) in [7, 11) is 0. The van der Waals surface area contributed by atoms with E-state index in [2.05, 4.69) is 10.6 Å². The molecule has 1 heterocycles. The van der Waals surface area contributed by atoms with Crippen molar-refractivity contribution in [3.05, 3.63) is 0 Å². The Kier molecular flexibility index (Phi) is 2.90. The molecule has 1 rings (SSSR count). The molecule has 74 valence electrons. The van der Waals surface area contributed by atoms with Crippen molar-refractivity contribution < 1.29 is 9.59 Å². The molecule has 2 atom stereocenters. The summed E-state index contributed by atoms with van der Waals surface area (Å²) in [5.74, 6) is 0.00371. The molecule has 2 N–H and O–H groups in total. The average molecular weight is 184 g/mol. The molecule has 0 spiro atoms. The zero-order chi connectivity index (χ0) is 10.0. The largest absolute Gasteiger partial charge is 0.343 e. The van der Waals surface area contributed by atoms with E-state index in [1.807, 2.05) is 20.8 Å². The SMILES string of the molecule is CCC1NC(=O)C(C(C)C)NC1=O. The Labute approximate surface area is 78.1 Å². The van der Waals surface area contributed by atoms with Crippen LogP contribution in [0.2, 0.25) is 0 Å². The van der Waals surface area contributed by atoms with Gasteiger partial charge < -0.3 is 10.6 Å². The molecule has 2 amide bonds. The lowest BCUT2D eigenvalue weighted by atomic mass is 9.99. The van der Waals surface area contributed by atoms with Gasteiger partial charge in [-0.1, -0.05) is 20.8 Å². The molecule has 1 aliphatic heterocycles. The van der Waals surface area contributed by atoms with Gasteiger partial charge in [-0.25, -0.2) is 0 Å². The third kappa shape index (κ3) is 1.99. The lowest BCUT2D eigenvalue weighted by molar-refractivity contribution is -0.137. The van der Waals surface area contributed by atoms with Crippen LogP contribution in [-0.4, -0.2) is 23.9 Å². The lowest BCUT2D eigenvalue weighted by Gasteiger charge is -2.30. The molecule has 0 bridgehead atoms. The van der Waals surface area contributed by atoms with Gasteiger partial charge in [0.2, 0.25) is 11.8 Å². The van der Waals surface area contributed by atoms with Crippen molar-refractivity contribution in [3.8, 4) is 0 Å². The van der Waals surface area contributed by atoms with Gasteiger partial charge >= 0.3 is 0 Å². The third-order valence-electron chi connectivity index (χ3n) is 2.29. The minimum Gasteiger partial charge on any atom is -0.343 e. The molecule has 4 heteroatoms. The van der Waals surface area contributed by atoms with Gasteiger partial charge in [0.05, 0.1) is 0 Å². The number of rotatable bonds is 2. The molecule has 0 aromatic rings. The van der Waals surface area contributed by atoms with Crippen LogP contribution in [-0.2, 0) is 9.59 Å². The fourth-order valence-corrected chi connectivity index (χ4v) is 1.40. The predicted molar refractivity (Wildman–Crippen MR) is 49.0 cm³/mol. The molecular formula is C9H16N2O2. The minimum absolute atomic E-state index is 0.0681. The smallest absolute Gasteiger partial charge is 0.243 e. The molecule has 0 saturated carbocycles. The normalized spacial score (nSPS) is 28.6. The molecule has 1 aliphatic rings. The van der Waals surface area contributed by atoms with Crippen molar-refractivity contribution in [1.82, 2.24) is 10.6 Å². The maximum Gasteiger partial charge on any atom is 0.243 e. The van der Waals surface area contributed by atoms with Gasteiger partial charge in [-0.15, -0.1) is 0 Å². The molecule has 1 saturated heterocycles. The van der Waals surface area contributed by atoms with Crippen LogP contribution in [0, 0.1) is 5.92 Å². The van der Waals surface area contributed by atoms with Crippen LogP contribution in [0.4, 0.5) is 0 Å². The Morgan fingerprint density at radius 3 is 2.31 bits per heavy atom. The summed E-state index contributed by atoms with van der Waals surface area (Å²) in [5, 5.41) is 5.41. The van der Waals surface area contributed by atoms with Crippen molar-refractivity contribution in [1.29, 1.82) is 0 Å². The number of hydrogen-bond donors (Lipinski definition) is 2. The highest BCUT2D eigenvalue weighted by Gasteiger charge is 2.33. The van der Waals surface area contributed by atoms with Gasteiger partial charge in [-0.3, -0.25) is 9.59 Å². The molecule has 4 nitrogen and oxygen atoms in total. The van der Waals surface area contributed by atoms with Crippen LogP contribution in [0.15, 0.2) is 0 Å². The van der Waals surface area contributed by atoms with E-state index in [1.54, 1.807) is 0 Å². The van der Waals surface area contributed by atoms with Crippen LogP contribution < -0.4 is 10.6 Å². The molecule has 0 aromatic carbocycles. The van der Waals surface area contributed by atoms with E-state index in [-0.39, 0.29) is 29.8 Å². The van der Waals surface area contributed by atoms with E-state index in [1.165, 1.54) is 0 Å². The molecule has 13 heavy (non-hydrogen) atoms. The highest BCUT2D eigenvalue weighted by atomic mass is 16.2. The van der Waals surface area contributed by atoms with Gasteiger partial charge in [0.25, 0.3) is 0 Å². The molecule has 1 fully saturated rings. The summed E-state index contributed by atoms with van der Waals surface area (Å²) in [6, 6.07) is -0.710. The molecule has 2 unspecified atom stereocenters. The second-order valence-electron chi connectivity index (χ2n) is 3.70. The van der Waals surface area contributed by atoms with Gasteiger partial charge in [0.1, 0.15) is 12.1 Å². The monoisotopic (exact) mass is 184 g/mol. The molecule has 0 radical (unpaired) electrons. The zero-order valence-electron chi connectivity index (χ0n) is 8.26. The maximum absolute atomic E-state index is 11.4. The van der Waals surface area contributed by atoms with Gasteiger partial charge in [0, 0.05) is 0 Å². The standard InChI is InChI=1S/C9H16N2O2/c1-4-6-8(12)11-7(5(2)3)9(13)10-6/h5-7H,4H2,1-3H3,(H,10,13)(H,11,12). The number of carbonyl (C=O) groups excluding carboxylic acids is 2. The maximum atomic E-state index is 11.4. The average Bonchev–Trinajstić information content (AvgIpc) is 2.07. The van der Waals surface area contributed by atoms with Gasteiger partial charge in [-0.2, -0.15) is 0 Å². The number of piperazine rings is 1. The summed E-state index contributed by atoms with van der Waals surface area (Å²) in [6.07, 6.45) is 0.641. The predicted octanol–water partition coefficient (Wildman–Crippen LogP) is 0.0356. The lowest BCUT2D eigenvalue weighted by Crippen LogP contribution is -2.62. The first kappa shape index (κ1) is 10.0. The van der Waals surface area contributed by atoms with Crippen molar-refractivity contribution in [2.75, 3.05) is 0 Å². The van der Waals surface area contributed by atoms with Crippen LogP contribution in [0.3, 0.4) is 0 Å². The second-order valence-corrected chi connectivity index (χ2v) is 3.70. The van der Waals surface area contributed by atoms with E-state index in [4.69, 9.17) is 0 Å². The number of carbonyl (C=O) groups is 2. The third-order valence-corrected chi connectivity index (χ3v) is 2.29. The van der Waals surface area contributed by atoms with E-state index in [0.29, 0.717) is 6.42 Å². The zero-order valence-corrected chi connectivity index (χ0v) is 8.26. The Morgan fingerprint density at radius 1 is 1.23 bits per heavy atom. The number of amides is 2. The van der Waals surface area contributed by atoms with E-state index < -0.39 is 0 Å². The van der Waals surface area contributed by atoms with E-state index in [9.17, 15) is 9.59 Å². The highest BCUT2D eigenvalue weighted by Crippen LogP contribution is 2.08. The van der Waals surface area contributed by atoms with Crippen molar-refractivity contribution in [2.45, 2.75) is 39.3 Å². The van der Waals surface area contributed by atoms with Crippen LogP contribution in [0.1, 0.15) is 27.2 Å². The van der Waals surface area contributed by atoms with Crippen molar-refractivity contribution >= 4 is 11.8 Å². The fraction of sp³-hybridized carbons (Fsp3) is 0.778. The van der Waals surface area contributed by atoms with E-state index >= 15 is 0 Å². The first-order valence-corrected chi connectivity index (χ1v) is 4.67. The second kappa shape index (κ2) is 3.77. The summed E-state index contributed by atoms with van der Waals surface area (Å²) in [5.41, 5.74) is 0. The number of hydrogen-bond acceptors (Lipinski definition) is 2. The number of nitrogens with one attached hydrogen (secondary N) is 2. The summed E-state index contributed by atoms with van der Waals surface area (Å²) >= 11 is 0. The van der Waals surface area contributed by atoms with Crippen LogP contribution in [0.5, 0.6) is 0 Å². The highest BCUT2D eigenvalue weighted by molar-refractivity contribution is 5.96. The quantitative estimate of drug-likeness (QED) is 0.636. The van der Waals surface area contributed by atoms with Gasteiger partial charge in [-0.05, 0) is 12.3 Å². The topological polar surface area (TPSA) is 58.2 Å². The molecule has 0 aromatic heterocycles. The first-order valence-electron chi connectivity index (χ1n) is 4.67. The Hall–Kier alpha value is -1.06. The van der Waals surface area contributed by atoms with Crippen LogP contribution >= 0.6 is 0 Å². The Balaban J connectivity index is 2.67. The van der Waals surface area contributed by atoms with Crippen molar-refractivity contribution in [3.63, 3.8) is 0 Å². The van der Waals surface area contributed by atoms with E-state index in [0.717, 1.165) is 0 Å². The van der Waals surface area contributed by atoms with Crippen LogP contribution in [0.25, 0.3) is 0 Å². The fourth-order valence-electron chi connectivity index (χ4n) is 1.40. The molecule has 0 aliphatic carbocycles. The Morgan fingerprint density at radius 2 is 1.85 bits per heavy atom.